The summed E-state index contributed by atoms with van der Waals surface area (Å²) < 4.78 is 0. The molecule has 1 saturated heterocycles. The average molecular weight is 229 g/mol. The lowest BCUT2D eigenvalue weighted by Crippen LogP contribution is -2.35. The van der Waals surface area contributed by atoms with Crippen LogP contribution in [-0.4, -0.2) is 35.5 Å². The van der Waals surface area contributed by atoms with Crippen molar-refractivity contribution < 1.29 is 0 Å². The lowest BCUT2D eigenvalue weighted by atomic mass is 10.1. The van der Waals surface area contributed by atoms with Crippen molar-refractivity contribution in [3.63, 3.8) is 0 Å². The van der Waals surface area contributed by atoms with Crippen LogP contribution in [-0.2, 0) is 0 Å². The van der Waals surface area contributed by atoms with Gasteiger partial charge in [0, 0.05) is 6.04 Å². The SMILES string of the molecule is CCSCCCN1CCCCCC1CC. The van der Waals surface area contributed by atoms with Crippen molar-refractivity contribution in [1.29, 1.82) is 0 Å². The summed E-state index contributed by atoms with van der Waals surface area (Å²) in [5, 5.41) is 0. The predicted octanol–water partition coefficient (Wildman–Crippen LogP) is 3.78. The van der Waals surface area contributed by atoms with Crippen molar-refractivity contribution in [2.24, 2.45) is 0 Å². The number of thioether (sulfide) groups is 1. The summed E-state index contributed by atoms with van der Waals surface area (Å²) in [6.45, 7) is 7.30. The first kappa shape index (κ1) is 13.4. The highest BCUT2D eigenvalue weighted by Gasteiger charge is 2.18. The fraction of sp³-hybridized carbons (Fsp3) is 1.00. The molecule has 1 aliphatic heterocycles. The molecule has 0 saturated carbocycles. The van der Waals surface area contributed by atoms with Crippen molar-refractivity contribution in [3.05, 3.63) is 0 Å². The number of hydrogen-bond donors (Lipinski definition) is 0. The summed E-state index contributed by atoms with van der Waals surface area (Å²) in [6.07, 6.45) is 8.51. The van der Waals surface area contributed by atoms with Crippen molar-refractivity contribution >= 4 is 11.8 Å². The van der Waals surface area contributed by atoms with E-state index < -0.39 is 0 Å². The summed E-state index contributed by atoms with van der Waals surface area (Å²) in [6, 6.07) is 0.888. The Morgan fingerprint density at radius 2 is 2.07 bits per heavy atom. The number of nitrogens with zero attached hydrogens (tertiary/aromatic N) is 1. The van der Waals surface area contributed by atoms with E-state index in [0.717, 1.165) is 6.04 Å². The molecule has 1 rings (SSSR count). The Bertz CT molecular complexity index is 149. The number of hydrogen-bond acceptors (Lipinski definition) is 2. The lowest BCUT2D eigenvalue weighted by molar-refractivity contribution is 0.195. The standard InChI is InChI=1S/C13H27NS/c1-3-13-9-6-5-7-10-14(13)11-8-12-15-4-2/h13H,3-12H2,1-2H3. The van der Waals surface area contributed by atoms with Crippen LogP contribution < -0.4 is 0 Å². The van der Waals surface area contributed by atoms with E-state index in [-0.39, 0.29) is 0 Å². The van der Waals surface area contributed by atoms with Crippen LogP contribution in [0.4, 0.5) is 0 Å². The quantitative estimate of drug-likeness (QED) is 0.638. The maximum absolute atomic E-state index is 2.75. The molecule has 1 aliphatic rings. The molecule has 15 heavy (non-hydrogen) atoms. The van der Waals surface area contributed by atoms with Gasteiger partial charge >= 0.3 is 0 Å². The minimum Gasteiger partial charge on any atom is -0.300 e. The van der Waals surface area contributed by atoms with E-state index in [0.29, 0.717) is 0 Å². The molecule has 0 aromatic heterocycles. The van der Waals surface area contributed by atoms with E-state index in [1.54, 1.807) is 0 Å². The normalized spacial score (nSPS) is 24.0. The maximum Gasteiger partial charge on any atom is 0.00926 e. The second-order valence-corrected chi connectivity index (χ2v) is 5.89. The molecule has 0 aromatic rings. The van der Waals surface area contributed by atoms with Crippen LogP contribution in [0.5, 0.6) is 0 Å². The van der Waals surface area contributed by atoms with Gasteiger partial charge in [-0.1, -0.05) is 26.7 Å². The Balaban J connectivity index is 2.22. The van der Waals surface area contributed by atoms with Crippen LogP contribution >= 0.6 is 11.8 Å². The van der Waals surface area contributed by atoms with Gasteiger partial charge in [-0.2, -0.15) is 11.8 Å². The summed E-state index contributed by atoms with van der Waals surface area (Å²) in [4.78, 5) is 2.75. The monoisotopic (exact) mass is 229 g/mol. The molecule has 2 heteroatoms. The van der Waals surface area contributed by atoms with Crippen LogP contribution in [0.25, 0.3) is 0 Å². The fourth-order valence-electron chi connectivity index (χ4n) is 2.51. The summed E-state index contributed by atoms with van der Waals surface area (Å²) in [5.74, 6) is 2.63. The van der Waals surface area contributed by atoms with Crippen molar-refractivity contribution in [3.8, 4) is 0 Å². The zero-order valence-corrected chi connectivity index (χ0v) is 11.3. The predicted molar refractivity (Wildman–Crippen MR) is 71.7 cm³/mol. The fourth-order valence-corrected chi connectivity index (χ4v) is 3.13. The van der Waals surface area contributed by atoms with Gasteiger partial charge in [0.2, 0.25) is 0 Å². The average Bonchev–Trinajstić information content (AvgIpc) is 2.49. The molecule has 1 heterocycles. The van der Waals surface area contributed by atoms with E-state index in [9.17, 15) is 0 Å². The molecule has 0 spiro atoms. The van der Waals surface area contributed by atoms with Crippen LogP contribution in [0.3, 0.4) is 0 Å². The van der Waals surface area contributed by atoms with Gasteiger partial charge in [-0.3, -0.25) is 0 Å². The molecular formula is C13H27NS. The molecular weight excluding hydrogens is 202 g/mol. The van der Waals surface area contributed by atoms with Gasteiger partial charge in [0.1, 0.15) is 0 Å². The van der Waals surface area contributed by atoms with Crippen LogP contribution in [0.1, 0.15) is 52.4 Å². The first-order chi connectivity index (χ1) is 7.38. The maximum atomic E-state index is 2.75. The largest absolute Gasteiger partial charge is 0.300 e. The third-order valence-electron chi connectivity index (χ3n) is 3.41. The second-order valence-electron chi connectivity index (χ2n) is 4.50. The van der Waals surface area contributed by atoms with Gasteiger partial charge in [-0.25, -0.2) is 0 Å². The van der Waals surface area contributed by atoms with Crippen molar-refractivity contribution in [1.82, 2.24) is 4.90 Å². The molecule has 0 bridgehead atoms. The first-order valence-corrected chi connectivity index (χ1v) is 7.85. The molecule has 0 aliphatic carbocycles. The molecule has 1 nitrogen and oxygen atoms in total. The smallest absolute Gasteiger partial charge is 0.00926 e. The Morgan fingerprint density at radius 1 is 1.20 bits per heavy atom. The Kier molecular flexibility index (Phi) is 7.54. The zero-order chi connectivity index (χ0) is 10.9. The molecule has 0 aromatic carbocycles. The van der Waals surface area contributed by atoms with Gasteiger partial charge < -0.3 is 4.90 Å². The Hall–Kier alpha value is 0.310. The minimum absolute atomic E-state index is 0.888. The van der Waals surface area contributed by atoms with Gasteiger partial charge in [0.15, 0.2) is 0 Å². The third kappa shape index (κ3) is 5.26. The summed E-state index contributed by atoms with van der Waals surface area (Å²) >= 11 is 2.08. The zero-order valence-electron chi connectivity index (χ0n) is 10.5. The van der Waals surface area contributed by atoms with Gasteiger partial charge in [-0.15, -0.1) is 0 Å². The summed E-state index contributed by atoms with van der Waals surface area (Å²) in [7, 11) is 0. The highest BCUT2D eigenvalue weighted by Crippen LogP contribution is 2.19. The van der Waals surface area contributed by atoms with Gasteiger partial charge in [0.25, 0.3) is 0 Å². The van der Waals surface area contributed by atoms with Gasteiger partial charge in [0.05, 0.1) is 0 Å². The topological polar surface area (TPSA) is 3.24 Å². The first-order valence-electron chi connectivity index (χ1n) is 6.70. The van der Waals surface area contributed by atoms with Crippen LogP contribution in [0.2, 0.25) is 0 Å². The summed E-state index contributed by atoms with van der Waals surface area (Å²) in [5.41, 5.74) is 0. The molecule has 1 atom stereocenters. The highest BCUT2D eigenvalue weighted by molar-refractivity contribution is 7.99. The molecule has 1 fully saturated rings. The van der Waals surface area contributed by atoms with Crippen LogP contribution in [0.15, 0.2) is 0 Å². The van der Waals surface area contributed by atoms with E-state index >= 15 is 0 Å². The number of likely N-dealkylation sites (tertiary alicyclic amines) is 1. The lowest BCUT2D eigenvalue weighted by Gasteiger charge is -2.28. The van der Waals surface area contributed by atoms with Crippen molar-refractivity contribution in [2.75, 3.05) is 24.6 Å². The molecule has 90 valence electrons. The third-order valence-corrected chi connectivity index (χ3v) is 4.39. The van der Waals surface area contributed by atoms with E-state index in [1.165, 1.54) is 63.1 Å². The molecule has 1 unspecified atom stereocenters. The second kappa shape index (κ2) is 8.46. The molecule has 0 amide bonds. The Morgan fingerprint density at radius 3 is 2.80 bits per heavy atom. The molecule has 0 N–H and O–H groups in total. The number of rotatable bonds is 6. The van der Waals surface area contributed by atoms with E-state index in [1.807, 2.05) is 0 Å². The Labute approximate surface area is 100.0 Å². The van der Waals surface area contributed by atoms with Gasteiger partial charge in [-0.05, 0) is 50.3 Å². The van der Waals surface area contributed by atoms with Crippen LogP contribution in [0, 0.1) is 0 Å². The molecule has 0 radical (unpaired) electrons. The van der Waals surface area contributed by atoms with Crippen molar-refractivity contribution in [2.45, 2.75) is 58.4 Å². The highest BCUT2D eigenvalue weighted by atomic mass is 32.2. The van der Waals surface area contributed by atoms with E-state index in [2.05, 4.69) is 30.5 Å². The van der Waals surface area contributed by atoms with E-state index in [4.69, 9.17) is 0 Å². The minimum atomic E-state index is 0.888.